The van der Waals surface area contributed by atoms with Crippen LogP contribution in [-0.4, -0.2) is 82.9 Å². The number of aromatic nitrogens is 3. The highest BCUT2D eigenvalue weighted by molar-refractivity contribution is 6.76. The molecule has 2 aliphatic heterocycles. The van der Waals surface area contributed by atoms with Crippen molar-refractivity contribution in [2.45, 2.75) is 90.5 Å². The summed E-state index contributed by atoms with van der Waals surface area (Å²) in [5.74, 6) is 0. The van der Waals surface area contributed by atoms with Gasteiger partial charge in [0.1, 0.15) is 17.8 Å². The molecule has 212 valence electrons. The summed E-state index contributed by atoms with van der Waals surface area (Å²) in [5.41, 5.74) is 5.83. The highest BCUT2D eigenvalue weighted by atomic mass is 28.3. The number of carbonyl (C=O) groups excluding carboxylic acids is 1. The molecule has 0 saturated heterocycles. The molecule has 1 fully saturated rings. The predicted molar refractivity (Wildman–Crippen MR) is 159 cm³/mol. The second-order valence-electron chi connectivity index (χ2n) is 13.4. The second kappa shape index (κ2) is 11.2. The third kappa shape index (κ3) is 7.18. The molecule has 1 saturated carbocycles. The Hall–Kier alpha value is -2.49. The Kier molecular flexibility index (Phi) is 8.04. The van der Waals surface area contributed by atoms with Crippen LogP contribution in [0.1, 0.15) is 57.7 Å². The van der Waals surface area contributed by atoms with Crippen LogP contribution in [0.15, 0.2) is 24.5 Å². The van der Waals surface area contributed by atoms with Crippen molar-refractivity contribution >= 4 is 36.5 Å². The van der Waals surface area contributed by atoms with E-state index in [1.807, 2.05) is 27.0 Å². The third-order valence-electron chi connectivity index (χ3n) is 7.63. The van der Waals surface area contributed by atoms with Crippen molar-refractivity contribution in [3.63, 3.8) is 0 Å². The molecule has 5 rings (SSSR count). The van der Waals surface area contributed by atoms with E-state index >= 15 is 0 Å². The molecule has 9 heteroatoms. The SMILES string of the molecule is CC(C)(C)OC(=O)N1CC=C(c2cn(COCC[Si](C)(C)C)c3ncc(C4=CCN(C5CC5)CC4)nc23)CC1. The van der Waals surface area contributed by atoms with Crippen LogP contribution in [0, 0.1) is 0 Å². The molecule has 2 aromatic heterocycles. The molecule has 0 bridgehead atoms. The van der Waals surface area contributed by atoms with Gasteiger partial charge in [-0.1, -0.05) is 31.8 Å². The normalized spacial score (nSPS) is 19.3. The van der Waals surface area contributed by atoms with Crippen LogP contribution in [0.5, 0.6) is 0 Å². The molecule has 39 heavy (non-hydrogen) atoms. The first kappa shape index (κ1) is 28.1. The molecule has 1 aliphatic carbocycles. The zero-order valence-corrected chi connectivity index (χ0v) is 25.6. The van der Waals surface area contributed by atoms with E-state index in [1.54, 1.807) is 4.90 Å². The molecule has 8 nitrogen and oxygen atoms in total. The van der Waals surface area contributed by atoms with Gasteiger partial charge in [0.2, 0.25) is 0 Å². The number of fused-ring (bicyclic) bond motifs is 1. The molecular weight excluding hydrogens is 506 g/mol. The van der Waals surface area contributed by atoms with Crippen molar-refractivity contribution in [2.24, 2.45) is 0 Å². The van der Waals surface area contributed by atoms with Crippen LogP contribution >= 0.6 is 0 Å². The fraction of sp³-hybridized carbons (Fsp3) is 0.633. The van der Waals surface area contributed by atoms with Crippen LogP contribution in [-0.2, 0) is 16.2 Å². The van der Waals surface area contributed by atoms with Gasteiger partial charge in [-0.15, -0.1) is 0 Å². The summed E-state index contributed by atoms with van der Waals surface area (Å²) in [5, 5.41) is 0. The maximum atomic E-state index is 12.6. The first-order chi connectivity index (χ1) is 18.5. The summed E-state index contributed by atoms with van der Waals surface area (Å²) < 4.78 is 13.8. The molecular formula is C30H45N5O3Si. The number of ether oxygens (including phenoxy) is 2. The lowest BCUT2D eigenvalue weighted by Crippen LogP contribution is -2.39. The van der Waals surface area contributed by atoms with Gasteiger partial charge in [0.25, 0.3) is 0 Å². The van der Waals surface area contributed by atoms with Gasteiger partial charge in [-0.25, -0.2) is 14.8 Å². The summed E-state index contributed by atoms with van der Waals surface area (Å²) >= 11 is 0. The molecule has 0 N–H and O–H groups in total. The fourth-order valence-corrected chi connectivity index (χ4v) is 5.93. The zero-order valence-electron chi connectivity index (χ0n) is 24.6. The quantitative estimate of drug-likeness (QED) is 0.295. The highest BCUT2D eigenvalue weighted by Gasteiger charge is 2.30. The molecule has 1 amide bonds. The Morgan fingerprint density at radius 2 is 1.82 bits per heavy atom. The highest BCUT2D eigenvalue weighted by Crippen LogP contribution is 2.33. The first-order valence-electron chi connectivity index (χ1n) is 14.5. The van der Waals surface area contributed by atoms with Gasteiger partial charge in [-0.2, -0.15) is 0 Å². The minimum atomic E-state index is -1.16. The van der Waals surface area contributed by atoms with Gasteiger partial charge < -0.3 is 18.9 Å². The molecule has 2 aromatic rings. The average Bonchev–Trinajstić information content (AvgIpc) is 3.67. The van der Waals surface area contributed by atoms with E-state index in [0.29, 0.717) is 19.8 Å². The number of hydrogen-bond acceptors (Lipinski definition) is 6. The maximum absolute atomic E-state index is 12.6. The van der Waals surface area contributed by atoms with E-state index in [9.17, 15) is 4.79 Å². The Balaban J connectivity index is 1.39. The third-order valence-corrected chi connectivity index (χ3v) is 9.34. The fourth-order valence-electron chi connectivity index (χ4n) is 5.18. The Morgan fingerprint density at radius 3 is 2.44 bits per heavy atom. The first-order valence-corrected chi connectivity index (χ1v) is 18.2. The molecule has 0 aromatic carbocycles. The summed E-state index contributed by atoms with van der Waals surface area (Å²) in [6, 6.07) is 1.92. The number of carbonyl (C=O) groups is 1. The van der Waals surface area contributed by atoms with Crippen molar-refractivity contribution in [2.75, 3.05) is 32.8 Å². The summed E-state index contributed by atoms with van der Waals surface area (Å²) in [6.45, 7) is 17.3. The van der Waals surface area contributed by atoms with Crippen LogP contribution in [0.2, 0.25) is 25.7 Å². The lowest BCUT2D eigenvalue weighted by molar-refractivity contribution is 0.0270. The van der Waals surface area contributed by atoms with Crippen LogP contribution in [0.3, 0.4) is 0 Å². The minimum Gasteiger partial charge on any atom is -0.444 e. The average molecular weight is 552 g/mol. The molecule has 4 heterocycles. The summed E-state index contributed by atoms with van der Waals surface area (Å²) in [4.78, 5) is 27.1. The lowest BCUT2D eigenvalue weighted by atomic mass is 10.0. The van der Waals surface area contributed by atoms with Gasteiger partial charge in [0.05, 0.1) is 11.9 Å². The lowest BCUT2D eigenvalue weighted by Gasteiger charge is -2.29. The van der Waals surface area contributed by atoms with Gasteiger partial charge >= 0.3 is 6.09 Å². The number of rotatable bonds is 8. The molecule has 0 unspecified atom stereocenters. The summed E-state index contributed by atoms with van der Waals surface area (Å²) in [6.07, 6.45) is 12.7. The Labute approximate surface area is 234 Å². The van der Waals surface area contributed by atoms with Crippen molar-refractivity contribution in [1.82, 2.24) is 24.3 Å². The smallest absolute Gasteiger partial charge is 0.410 e. The van der Waals surface area contributed by atoms with E-state index < -0.39 is 13.7 Å². The largest absolute Gasteiger partial charge is 0.444 e. The Bertz CT molecular complexity index is 1270. The van der Waals surface area contributed by atoms with E-state index in [0.717, 1.165) is 67.0 Å². The number of hydrogen-bond donors (Lipinski definition) is 0. The van der Waals surface area contributed by atoms with E-state index in [2.05, 4.69) is 47.5 Å². The minimum absolute atomic E-state index is 0.261. The maximum Gasteiger partial charge on any atom is 0.410 e. The molecule has 0 radical (unpaired) electrons. The summed E-state index contributed by atoms with van der Waals surface area (Å²) in [7, 11) is -1.16. The zero-order chi connectivity index (χ0) is 27.8. The molecule has 3 aliphatic rings. The standard InChI is InChI=1S/C30H45N5O3Si/c1-30(2,3)38-29(36)34-15-9-22(10-16-34)25-20-35(21-37-17-18-39(4,5)6)28-27(25)32-26(19-31-28)23-11-13-33(14-12-23)24-7-8-24/h9,11,19-20,24H,7-8,10,12-18,21H2,1-6H3. The van der Waals surface area contributed by atoms with E-state index in [-0.39, 0.29) is 6.09 Å². The molecule has 0 spiro atoms. The predicted octanol–water partition coefficient (Wildman–Crippen LogP) is 6.02. The van der Waals surface area contributed by atoms with Gasteiger partial charge in [-0.3, -0.25) is 4.90 Å². The van der Waals surface area contributed by atoms with E-state index in [1.165, 1.54) is 24.0 Å². The van der Waals surface area contributed by atoms with Crippen molar-refractivity contribution in [3.05, 3.63) is 35.8 Å². The number of amides is 1. The second-order valence-corrected chi connectivity index (χ2v) is 19.0. The van der Waals surface area contributed by atoms with Gasteiger partial charge in [0.15, 0.2) is 5.65 Å². The topological polar surface area (TPSA) is 72.7 Å². The Morgan fingerprint density at radius 1 is 1.08 bits per heavy atom. The van der Waals surface area contributed by atoms with Crippen molar-refractivity contribution in [1.29, 1.82) is 0 Å². The number of nitrogens with zero attached hydrogens (tertiary/aromatic N) is 5. The molecule has 0 atom stereocenters. The van der Waals surface area contributed by atoms with Crippen LogP contribution < -0.4 is 0 Å². The van der Waals surface area contributed by atoms with Gasteiger partial charge in [0, 0.05) is 58.7 Å². The van der Waals surface area contributed by atoms with Gasteiger partial charge in [-0.05, 0) is 63.6 Å². The monoisotopic (exact) mass is 551 g/mol. The van der Waals surface area contributed by atoms with E-state index in [4.69, 9.17) is 19.4 Å². The van der Waals surface area contributed by atoms with Crippen LogP contribution in [0.25, 0.3) is 22.3 Å². The van der Waals surface area contributed by atoms with Crippen molar-refractivity contribution in [3.8, 4) is 0 Å². The van der Waals surface area contributed by atoms with Crippen molar-refractivity contribution < 1.29 is 14.3 Å². The van der Waals surface area contributed by atoms with Crippen LogP contribution in [0.4, 0.5) is 4.79 Å².